The van der Waals surface area contributed by atoms with Crippen molar-refractivity contribution in [3.05, 3.63) is 59.4 Å². The molecule has 0 unspecified atom stereocenters. The Bertz CT molecular complexity index is 1270. The normalized spacial score (nSPS) is 19.8. The van der Waals surface area contributed by atoms with Crippen LogP contribution in [0.5, 0.6) is 11.5 Å². The van der Waals surface area contributed by atoms with Crippen molar-refractivity contribution in [2.75, 3.05) is 20.3 Å². The number of rotatable bonds is 10. The first-order valence-corrected chi connectivity index (χ1v) is 13.0. The largest absolute Gasteiger partial charge is 0.495 e. The minimum Gasteiger partial charge on any atom is -0.495 e. The summed E-state index contributed by atoms with van der Waals surface area (Å²) in [6, 6.07) is 7.62. The molecule has 1 fully saturated rings. The van der Waals surface area contributed by atoms with Crippen LogP contribution in [0.4, 0.5) is 26.3 Å². The number of benzene rings is 1. The number of alkyl halides is 6. The van der Waals surface area contributed by atoms with Crippen molar-refractivity contribution in [3.63, 3.8) is 0 Å². The predicted octanol–water partition coefficient (Wildman–Crippen LogP) is 5.46. The summed E-state index contributed by atoms with van der Waals surface area (Å²) < 4.78 is 91.9. The average Bonchev–Trinajstić information content (AvgIpc) is 2.88. The Morgan fingerprint density at radius 3 is 2.29 bits per heavy atom. The molecule has 2 amide bonds. The van der Waals surface area contributed by atoms with Gasteiger partial charge in [0.2, 0.25) is 11.8 Å². The van der Waals surface area contributed by atoms with E-state index < -0.39 is 36.6 Å². The van der Waals surface area contributed by atoms with Gasteiger partial charge < -0.3 is 20.1 Å². The van der Waals surface area contributed by atoms with Crippen molar-refractivity contribution in [1.82, 2.24) is 15.6 Å². The monoisotopic (exact) mass is 585 g/mol. The van der Waals surface area contributed by atoms with Crippen molar-refractivity contribution >= 4 is 17.4 Å². The molecule has 13 heteroatoms. The number of aromatic nitrogens is 1. The van der Waals surface area contributed by atoms with Gasteiger partial charge in [0.1, 0.15) is 11.5 Å². The highest BCUT2D eigenvalue weighted by Crippen LogP contribution is 2.48. The highest BCUT2D eigenvalue weighted by molar-refractivity contribution is 6.04. The minimum atomic E-state index is -4.96. The first-order chi connectivity index (χ1) is 19.3. The molecular formula is C28H29F6N3O4. The van der Waals surface area contributed by atoms with Crippen molar-refractivity contribution in [2.24, 2.45) is 5.92 Å². The molecule has 0 bridgehead atoms. The fourth-order valence-electron chi connectivity index (χ4n) is 4.73. The van der Waals surface area contributed by atoms with Crippen LogP contribution in [0.25, 0.3) is 5.57 Å². The fourth-order valence-corrected chi connectivity index (χ4v) is 4.73. The molecule has 0 spiro atoms. The number of nitrogens with zero attached hydrogens (tertiary/aromatic N) is 1. The third-order valence-corrected chi connectivity index (χ3v) is 7.31. The van der Waals surface area contributed by atoms with Gasteiger partial charge in [-0.1, -0.05) is 18.6 Å². The molecule has 7 nitrogen and oxygen atoms in total. The second-order valence-corrected chi connectivity index (χ2v) is 10.0. The number of halogens is 6. The molecule has 1 saturated carbocycles. The van der Waals surface area contributed by atoms with E-state index in [4.69, 9.17) is 9.47 Å². The molecule has 1 aliphatic carbocycles. The van der Waals surface area contributed by atoms with Crippen molar-refractivity contribution in [1.29, 1.82) is 0 Å². The van der Waals surface area contributed by atoms with Gasteiger partial charge in [0.05, 0.1) is 25.6 Å². The Morgan fingerprint density at radius 2 is 1.76 bits per heavy atom. The number of hydrogen-bond donors (Lipinski definition) is 2. The Kier molecular flexibility index (Phi) is 8.83. The topological polar surface area (TPSA) is 89.5 Å². The number of ether oxygens (including phenoxy) is 2. The highest BCUT2D eigenvalue weighted by Gasteiger charge is 2.59. The molecule has 2 aliphatic rings. The second-order valence-electron chi connectivity index (χ2n) is 10.0. The van der Waals surface area contributed by atoms with Crippen LogP contribution < -0.4 is 20.1 Å². The van der Waals surface area contributed by atoms with Crippen molar-refractivity contribution in [3.8, 4) is 11.5 Å². The molecular weight excluding hydrogens is 556 g/mol. The number of carbonyl (C=O) groups is 2. The Labute approximate surface area is 232 Å². The van der Waals surface area contributed by atoms with Gasteiger partial charge in [-0.2, -0.15) is 26.3 Å². The van der Waals surface area contributed by atoms with Crippen LogP contribution in [-0.2, 0) is 15.1 Å². The van der Waals surface area contributed by atoms with E-state index in [1.807, 2.05) is 0 Å². The van der Waals surface area contributed by atoms with Gasteiger partial charge in [-0.05, 0) is 54.7 Å². The molecule has 1 aliphatic heterocycles. The summed E-state index contributed by atoms with van der Waals surface area (Å²) in [4.78, 5) is 30.0. The maximum absolute atomic E-state index is 14.8. The number of pyridine rings is 1. The van der Waals surface area contributed by atoms with Crippen molar-refractivity contribution < 1.29 is 45.4 Å². The van der Waals surface area contributed by atoms with Crippen LogP contribution in [-0.4, -0.2) is 49.4 Å². The number of nitrogens with one attached hydrogen (secondary N) is 2. The van der Waals surface area contributed by atoms with Gasteiger partial charge in [0.25, 0.3) is 0 Å². The van der Waals surface area contributed by atoms with E-state index in [9.17, 15) is 35.9 Å². The first-order valence-electron chi connectivity index (χ1n) is 13.0. The standard InChI is InChI=1S/C28H29F6N3O4/c1-40-20-10-11-23(35-15-20)21-14-26(28(32,33)34,37-25(39)22(21)16-36-24(38)17-4-2-5-17)18-6-8-19(9-7-18)41-13-3-12-27(29,30)31/h6-11,15,17H,2-5,12-14,16H2,1H3,(H,36,38)(H,37,39)/t26-/m0/s1. The van der Waals surface area contributed by atoms with Crippen LogP contribution in [0.3, 0.4) is 0 Å². The molecule has 41 heavy (non-hydrogen) atoms. The molecule has 0 saturated heterocycles. The quantitative estimate of drug-likeness (QED) is 0.286. The molecule has 1 atom stereocenters. The zero-order valence-electron chi connectivity index (χ0n) is 22.1. The van der Waals surface area contributed by atoms with E-state index in [0.717, 1.165) is 18.6 Å². The summed E-state index contributed by atoms with van der Waals surface area (Å²) in [6.07, 6.45) is -7.73. The van der Waals surface area contributed by atoms with Gasteiger partial charge in [-0.25, -0.2) is 0 Å². The number of amides is 2. The summed E-state index contributed by atoms with van der Waals surface area (Å²) in [7, 11) is 1.41. The minimum absolute atomic E-state index is 0.00937. The van der Waals surface area contributed by atoms with Gasteiger partial charge in [0.15, 0.2) is 5.54 Å². The zero-order chi connectivity index (χ0) is 29.8. The van der Waals surface area contributed by atoms with Crippen molar-refractivity contribution in [2.45, 2.75) is 56.4 Å². The molecule has 0 radical (unpaired) electrons. The van der Waals surface area contributed by atoms with E-state index in [0.29, 0.717) is 18.6 Å². The second kappa shape index (κ2) is 12.0. The summed E-state index contributed by atoms with van der Waals surface area (Å²) in [5.41, 5.74) is -3.07. The average molecular weight is 586 g/mol. The zero-order valence-corrected chi connectivity index (χ0v) is 22.1. The van der Waals surface area contributed by atoms with E-state index in [-0.39, 0.29) is 59.6 Å². The van der Waals surface area contributed by atoms with Crippen LogP contribution in [0, 0.1) is 5.92 Å². The number of methoxy groups -OCH3 is 1. The smallest absolute Gasteiger partial charge is 0.416 e. The maximum Gasteiger partial charge on any atom is 0.416 e. The van der Waals surface area contributed by atoms with E-state index in [1.54, 1.807) is 0 Å². The molecule has 2 N–H and O–H groups in total. The molecule has 2 aromatic rings. The number of hydrogen-bond acceptors (Lipinski definition) is 5. The fraction of sp³-hybridized carbons (Fsp3) is 0.464. The lowest BCUT2D eigenvalue weighted by Crippen LogP contribution is -2.59. The van der Waals surface area contributed by atoms with Gasteiger partial charge in [0, 0.05) is 30.9 Å². The third-order valence-electron chi connectivity index (χ3n) is 7.31. The lowest BCUT2D eigenvalue weighted by atomic mass is 9.77. The van der Waals surface area contributed by atoms with E-state index in [1.165, 1.54) is 37.6 Å². The van der Waals surface area contributed by atoms with E-state index >= 15 is 0 Å². The maximum atomic E-state index is 14.8. The number of carbonyl (C=O) groups excluding carboxylic acids is 2. The Morgan fingerprint density at radius 1 is 1.07 bits per heavy atom. The molecule has 1 aromatic carbocycles. The third kappa shape index (κ3) is 6.94. The van der Waals surface area contributed by atoms with Crippen LogP contribution in [0.1, 0.15) is 49.8 Å². The van der Waals surface area contributed by atoms with Crippen LogP contribution in [0.15, 0.2) is 48.2 Å². The molecule has 2 heterocycles. The van der Waals surface area contributed by atoms with Gasteiger partial charge >= 0.3 is 12.4 Å². The SMILES string of the molecule is COc1ccc(C2=C(CNC(=O)C3CCC3)C(=O)N[C@@](c3ccc(OCCCC(F)(F)F)cc3)(C(F)(F)F)C2)nc1. The lowest BCUT2D eigenvalue weighted by molar-refractivity contribution is -0.201. The van der Waals surface area contributed by atoms with Gasteiger partial charge in [-0.3, -0.25) is 14.6 Å². The summed E-state index contributed by atoms with van der Waals surface area (Å²) in [5.74, 6) is -1.02. The molecule has 1 aromatic heterocycles. The molecule has 222 valence electrons. The highest BCUT2D eigenvalue weighted by atomic mass is 19.4. The Balaban J connectivity index is 1.65. The summed E-state index contributed by atoms with van der Waals surface area (Å²) in [6.45, 7) is -0.547. The summed E-state index contributed by atoms with van der Waals surface area (Å²) in [5, 5.41) is 4.81. The first kappa shape index (κ1) is 30.2. The van der Waals surface area contributed by atoms with E-state index in [2.05, 4.69) is 15.6 Å². The molecule has 4 rings (SSSR count). The lowest BCUT2D eigenvalue weighted by Gasteiger charge is -2.41. The Hall–Kier alpha value is -3.77. The van der Waals surface area contributed by atoms with Crippen LogP contribution >= 0.6 is 0 Å². The van der Waals surface area contributed by atoms with Gasteiger partial charge in [-0.15, -0.1) is 0 Å². The summed E-state index contributed by atoms with van der Waals surface area (Å²) >= 11 is 0. The van der Waals surface area contributed by atoms with Crippen LogP contribution in [0.2, 0.25) is 0 Å². The predicted molar refractivity (Wildman–Crippen MR) is 136 cm³/mol.